The number of anilines is 3. The number of pyridine rings is 1. The van der Waals surface area contributed by atoms with Gasteiger partial charge in [0.15, 0.2) is 10.6 Å². The molecule has 0 aliphatic carbocycles. The second-order valence-corrected chi connectivity index (χ2v) is 6.30. The van der Waals surface area contributed by atoms with Gasteiger partial charge in [-0.25, -0.2) is 18.3 Å². The zero-order valence-corrected chi connectivity index (χ0v) is 13.5. The second kappa shape index (κ2) is 6.15. The Morgan fingerprint density at radius 2 is 2.17 bits per heavy atom. The minimum atomic E-state index is -1.52. The zero-order valence-electron chi connectivity index (χ0n) is 11.9. The lowest BCUT2D eigenvalue weighted by molar-refractivity contribution is 0.621. The van der Waals surface area contributed by atoms with Crippen molar-refractivity contribution in [1.29, 1.82) is 0 Å². The fourth-order valence-electron chi connectivity index (χ4n) is 2.09. The number of nitrogens with two attached hydrogens (primary N) is 1. The number of nitrogens with zero attached hydrogens (tertiary/aromatic N) is 1. The molecule has 0 amide bonds. The normalized spacial score (nSPS) is 12.5. The molecule has 9 heteroatoms. The lowest BCUT2D eigenvalue weighted by atomic mass is 10.2. The number of fused-ring (bicyclic) bond motifs is 1. The van der Waals surface area contributed by atoms with Crippen LogP contribution in [0.25, 0.3) is 11.0 Å². The molecule has 0 saturated heterocycles. The first-order valence-corrected chi connectivity index (χ1v) is 8.02. The maximum atomic E-state index is 13.2. The topological polar surface area (TPSA) is 93.2 Å². The van der Waals surface area contributed by atoms with Gasteiger partial charge in [0.05, 0.1) is 10.4 Å². The Morgan fingerprint density at radius 1 is 1.39 bits per heavy atom. The molecule has 0 saturated carbocycles. The maximum absolute atomic E-state index is 13.2. The van der Waals surface area contributed by atoms with E-state index in [-0.39, 0.29) is 15.9 Å². The smallest absolute Gasteiger partial charge is 0.215 e. The van der Waals surface area contributed by atoms with E-state index in [0.717, 1.165) is 0 Å². The van der Waals surface area contributed by atoms with Crippen LogP contribution in [-0.4, -0.2) is 16.2 Å². The van der Waals surface area contributed by atoms with Gasteiger partial charge in [0, 0.05) is 11.9 Å². The Kier molecular flexibility index (Phi) is 4.20. The van der Waals surface area contributed by atoms with Crippen molar-refractivity contribution in [2.45, 2.75) is 5.03 Å². The van der Waals surface area contributed by atoms with E-state index in [0.29, 0.717) is 22.3 Å². The van der Waals surface area contributed by atoms with Gasteiger partial charge in [-0.3, -0.25) is 0 Å². The van der Waals surface area contributed by atoms with Crippen molar-refractivity contribution in [2.75, 3.05) is 18.1 Å². The number of aromatic nitrogens is 1. The summed E-state index contributed by atoms with van der Waals surface area (Å²) in [6, 6.07) is 5.88. The van der Waals surface area contributed by atoms with Gasteiger partial charge in [0.2, 0.25) is 5.88 Å². The average molecular weight is 355 g/mol. The van der Waals surface area contributed by atoms with Crippen LogP contribution in [0.3, 0.4) is 0 Å². The van der Waals surface area contributed by atoms with Gasteiger partial charge in [0.25, 0.3) is 0 Å². The lowest BCUT2D eigenvalue weighted by Crippen LogP contribution is -2.12. The van der Waals surface area contributed by atoms with Crippen molar-refractivity contribution in [3.63, 3.8) is 0 Å². The molecule has 0 aliphatic rings. The molecule has 3 aromatic rings. The van der Waals surface area contributed by atoms with E-state index in [2.05, 4.69) is 15.0 Å². The van der Waals surface area contributed by atoms with Crippen molar-refractivity contribution in [2.24, 2.45) is 0 Å². The first-order chi connectivity index (χ1) is 11.0. The van der Waals surface area contributed by atoms with E-state index >= 15 is 0 Å². The van der Waals surface area contributed by atoms with E-state index < -0.39 is 16.8 Å². The molecule has 3 rings (SSSR count). The van der Waals surface area contributed by atoms with Gasteiger partial charge in [-0.05, 0) is 31.3 Å². The first-order valence-electron chi connectivity index (χ1n) is 6.49. The summed E-state index contributed by atoms with van der Waals surface area (Å²) in [5, 5.41) is 3.86. The average Bonchev–Trinajstić information content (AvgIpc) is 2.86. The van der Waals surface area contributed by atoms with Crippen LogP contribution in [0.4, 0.5) is 21.6 Å². The molecule has 23 heavy (non-hydrogen) atoms. The molecule has 0 spiro atoms. The quantitative estimate of drug-likeness (QED) is 0.669. The third kappa shape index (κ3) is 2.88. The van der Waals surface area contributed by atoms with Gasteiger partial charge >= 0.3 is 0 Å². The Labute approximate surface area is 138 Å². The minimum Gasteiger partial charge on any atom is -0.436 e. The summed E-state index contributed by atoms with van der Waals surface area (Å²) in [4.78, 5) is 4.05. The van der Waals surface area contributed by atoms with Crippen molar-refractivity contribution >= 4 is 50.8 Å². The molecule has 2 aromatic heterocycles. The molecule has 120 valence electrons. The first kappa shape index (κ1) is 15.7. The van der Waals surface area contributed by atoms with Crippen LogP contribution in [0, 0.1) is 5.82 Å². The van der Waals surface area contributed by atoms with E-state index in [4.69, 9.17) is 21.8 Å². The monoisotopic (exact) mass is 354 g/mol. The van der Waals surface area contributed by atoms with E-state index in [9.17, 15) is 8.60 Å². The summed E-state index contributed by atoms with van der Waals surface area (Å²) < 4.78 is 33.3. The highest BCUT2D eigenvalue weighted by Gasteiger charge is 2.19. The molecular formula is C14H12ClFN4O2S. The molecule has 0 aliphatic heterocycles. The Bertz CT molecular complexity index is 915. The van der Waals surface area contributed by atoms with Crippen molar-refractivity contribution < 1.29 is 13.0 Å². The number of hydrogen-bond acceptors (Lipinski definition) is 5. The fraction of sp³-hybridized carbons (Fsp3) is 0.0714. The molecule has 2 heterocycles. The molecule has 1 aromatic carbocycles. The molecule has 6 nitrogen and oxygen atoms in total. The molecule has 1 atom stereocenters. The summed E-state index contributed by atoms with van der Waals surface area (Å²) in [5.74, 6) is -0.416. The molecule has 0 radical (unpaired) electrons. The number of rotatable bonds is 4. The SMILES string of the molecule is CNS(=O)c1nccc2c(Nc3ccc(F)c(Cl)c3)c(N)oc12. The van der Waals surface area contributed by atoms with E-state index in [1.807, 2.05) is 0 Å². The molecular weight excluding hydrogens is 343 g/mol. The predicted octanol–water partition coefficient (Wildman–Crippen LogP) is 3.19. The molecule has 0 fully saturated rings. The summed E-state index contributed by atoms with van der Waals surface area (Å²) in [6.45, 7) is 0. The van der Waals surface area contributed by atoms with Gasteiger partial charge in [-0.15, -0.1) is 0 Å². The number of halogens is 2. The van der Waals surface area contributed by atoms with Gasteiger partial charge in [-0.1, -0.05) is 11.6 Å². The zero-order chi connectivity index (χ0) is 16.6. The van der Waals surface area contributed by atoms with Gasteiger partial charge < -0.3 is 15.5 Å². The van der Waals surface area contributed by atoms with E-state index in [1.54, 1.807) is 13.1 Å². The number of nitrogens with one attached hydrogen (secondary N) is 2. The van der Waals surface area contributed by atoms with Crippen LogP contribution < -0.4 is 15.8 Å². The van der Waals surface area contributed by atoms with Crippen molar-refractivity contribution in [3.05, 3.63) is 41.3 Å². The number of nitrogen functional groups attached to an aromatic ring is 1. The van der Waals surface area contributed by atoms with Gasteiger partial charge in [-0.2, -0.15) is 0 Å². The van der Waals surface area contributed by atoms with Crippen molar-refractivity contribution in [3.8, 4) is 0 Å². The van der Waals surface area contributed by atoms with Crippen LogP contribution in [0.15, 0.2) is 39.9 Å². The Morgan fingerprint density at radius 3 is 2.87 bits per heavy atom. The van der Waals surface area contributed by atoms with Crippen LogP contribution in [-0.2, 0) is 11.0 Å². The predicted molar refractivity (Wildman–Crippen MR) is 88.6 cm³/mol. The van der Waals surface area contributed by atoms with Crippen molar-refractivity contribution in [1.82, 2.24) is 9.71 Å². The molecule has 0 bridgehead atoms. The minimum absolute atomic E-state index is 0.0139. The van der Waals surface area contributed by atoms with Crippen LogP contribution in [0.2, 0.25) is 5.02 Å². The van der Waals surface area contributed by atoms with E-state index in [1.165, 1.54) is 24.4 Å². The molecule has 1 unspecified atom stereocenters. The lowest BCUT2D eigenvalue weighted by Gasteiger charge is -2.06. The number of benzene rings is 1. The summed E-state index contributed by atoms with van der Waals surface area (Å²) in [6.07, 6.45) is 1.50. The summed E-state index contributed by atoms with van der Waals surface area (Å²) in [5.41, 5.74) is 7.22. The second-order valence-electron chi connectivity index (χ2n) is 4.56. The number of hydrogen-bond donors (Lipinski definition) is 3. The Hall–Kier alpha value is -2.16. The Balaban J connectivity index is 2.09. The van der Waals surface area contributed by atoms with Crippen LogP contribution in [0.5, 0.6) is 0 Å². The van der Waals surface area contributed by atoms with Gasteiger partial charge in [0.1, 0.15) is 22.5 Å². The summed E-state index contributed by atoms with van der Waals surface area (Å²) in [7, 11) is 0.0222. The van der Waals surface area contributed by atoms with Crippen LogP contribution >= 0.6 is 11.6 Å². The third-order valence-electron chi connectivity index (χ3n) is 3.15. The summed E-state index contributed by atoms with van der Waals surface area (Å²) >= 11 is 5.77. The highest BCUT2D eigenvalue weighted by atomic mass is 35.5. The number of furan rings is 1. The maximum Gasteiger partial charge on any atom is 0.215 e. The van der Waals surface area contributed by atoms with Crippen LogP contribution in [0.1, 0.15) is 0 Å². The standard InChI is InChI=1S/C14H12ClFN4O2S/c1-18-23(21)14-12-8(4-5-19-14)11(13(17)22-12)20-7-2-3-10(16)9(15)6-7/h2-6,18,20H,17H2,1H3. The molecule has 4 N–H and O–H groups in total. The highest BCUT2D eigenvalue weighted by Crippen LogP contribution is 2.37. The highest BCUT2D eigenvalue weighted by molar-refractivity contribution is 7.83. The largest absolute Gasteiger partial charge is 0.436 e. The third-order valence-corrected chi connectivity index (χ3v) is 4.45. The fourth-order valence-corrected chi connectivity index (χ4v) is 2.94.